The van der Waals surface area contributed by atoms with Crippen LogP contribution in [0.25, 0.3) is 0 Å². The standard InChI is InChI=1S/C10H11ClOS2/c11-9-4-2-8(3-5-9)10-13-6-1-7-14(10)12/h2-5,10H,1,6-7H2/t10-,14-/m0/s1. The largest absolute Gasteiger partial charge is 0.258 e. The lowest BCUT2D eigenvalue weighted by atomic mass is 10.2. The molecule has 1 aliphatic heterocycles. The van der Waals surface area contributed by atoms with E-state index in [4.69, 9.17) is 11.6 Å². The highest BCUT2D eigenvalue weighted by atomic mass is 35.5. The summed E-state index contributed by atoms with van der Waals surface area (Å²) < 4.78 is 11.9. The monoisotopic (exact) mass is 246 g/mol. The van der Waals surface area contributed by atoms with Crippen LogP contribution in [0.15, 0.2) is 24.3 Å². The van der Waals surface area contributed by atoms with Crippen LogP contribution in [0.2, 0.25) is 5.02 Å². The molecule has 0 aliphatic carbocycles. The van der Waals surface area contributed by atoms with Crippen molar-refractivity contribution < 1.29 is 4.21 Å². The highest BCUT2D eigenvalue weighted by Gasteiger charge is 2.22. The Kier molecular flexibility index (Phi) is 3.52. The second-order valence-electron chi connectivity index (χ2n) is 3.19. The molecule has 0 N–H and O–H groups in total. The summed E-state index contributed by atoms with van der Waals surface area (Å²) in [5.41, 5.74) is 1.14. The van der Waals surface area contributed by atoms with Crippen molar-refractivity contribution in [3.8, 4) is 0 Å². The zero-order chi connectivity index (χ0) is 9.97. The van der Waals surface area contributed by atoms with E-state index in [9.17, 15) is 4.21 Å². The Morgan fingerprint density at radius 3 is 2.71 bits per heavy atom. The van der Waals surface area contributed by atoms with Crippen LogP contribution in [-0.2, 0) is 10.8 Å². The molecule has 0 radical (unpaired) electrons. The van der Waals surface area contributed by atoms with Crippen molar-refractivity contribution in [2.75, 3.05) is 11.5 Å². The third-order valence-corrected chi connectivity index (χ3v) is 5.98. The van der Waals surface area contributed by atoms with Gasteiger partial charge in [0.2, 0.25) is 0 Å². The molecule has 0 spiro atoms. The number of thioether (sulfide) groups is 1. The quantitative estimate of drug-likeness (QED) is 0.757. The SMILES string of the molecule is O=[S@]1CCCS[C@@H]1c1ccc(Cl)cc1. The lowest BCUT2D eigenvalue weighted by Gasteiger charge is -2.21. The summed E-state index contributed by atoms with van der Waals surface area (Å²) in [6.45, 7) is 0. The van der Waals surface area contributed by atoms with Gasteiger partial charge in [0.1, 0.15) is 4.58 Å². The van der Waals surface area contributed by atoms with Crippen molar-refractivity contribution in [3.05, 3.63) is 34.9 Å². The van der Waals surface area contributed by atoms with Gasteiger partial charge in [0.15, 0.2) is 0 Å². The minimum atomic E-state index is -0.716. The lowest BCUT2D eigenvalue weighted by molar-refractivity contribution is 0.679. The van der Waals surface area contributed by atoms with E-state index in [-0.39, 0.29) is 4.58 Å². The van der Waals surface area contributed by atoms with E-state index in [1.165, 1.54) is 0 Å². The molecule has 1 saturated heterocycles. The average molecular weight is 247 g/mol. The van der Waals surface area contributed by atoms with E-state index in [0.29, 0.717) is 0 Å². The minimum absolute atomic E-state index is 0.154. The summed E-state index contributed by atoms with van der Waals surface area (Å²) >= 11 is 7.59. The number of benzene rings is 1. The molecule has 0 aromatic heterocycles. The minimum Gasteiger partial charge on any atom is -0.258 e. The summed E-state index contributed by atoms with van der Waals surface area (Å²) in [4.78, 5) is 0. The third kappa shape index (κ3) is 2.33. The second kappa shape index (κ2) is 4.69. The normalized spacial score (nSPS) is 27.5. The van der Waals surface area contributed by atoms with Crippen molar-refractivity contribution in [1.29, 1.82) is 0 Å². The van der Waals surface area contributed by atoms with Gasteiger partial charge in [0.05, 0.1) is 0 Å². The van der Waals surface area contributed by atoms with Crippen molar-refractivity contribution in [2.45, 2.75) is 11.0 Å². The molecule has 1 aliphatic rings. The van der Waals surface area contributed by atoms with Crippen molar-refractivity contribution in [2.24, 2.45) is 0 Å². The van der Waals surface area contributed by atoms with Gasteiger partial charge in [-0.1, -0.05) is 23.7 Å². The number of hydrogen-bond donors (Lipinski definition) is 0. The Bertz CT molecular complexity index is 336. The predicted molar refractivity (Wildman–Crippen MR) is 64.3 cm³/mol. The summed E-state index contributed by atoms with van der Waals surface area (Å²) in [6, 6.07) is 7.68. The van der Waals surface area contributed by atoms with Gasteiger partial charge in [-0.15, -0.1) is 11.8 Å². The smallest absolute Gasteiger partial charge is 0.105 e. The fraction of sp³-hybridized carbons (Fsp3) is 0.400. The molecule has 1 aromatic carbocycles. The van der Waals surface area contributed by atoms with Crippen LogP contribution in [0.5, 0.6) is 0 Å². The maximum Gasteiger partial charge on any atom is 0.105 e. The van der Waals surface area contributed by atoms with E-state index in [2.05, 4.69) is 0 Å². The first-order valence-corrected chi connectivity index (χ1v) is 7.32. The van der Waals surface area contributed by atoms with Crippen LogP contribution in [-0.4, -0.2) is 15.7 Å². The van der Waals surface area contributed by atoms with Crippen LogP contribution in [0.4, 0.5) is 0 Å². The molecule has 2 atom stereocenters. The molecule has 0 unspecified atom stereocenters. The number of hydrogen-bond acceptors (Lipinski definition) is 2. The Morgan fingerprint density at radius 2 is 2.07 bits per heavy atom. The first kappa shape index (κ1) is 10.5. The molecule has 1 aromatic rings. The maximum absolute atomic E-state index is 11.7. The van der Waals surface area contributed by atoms with E-state index in [1.54, 1.807) is 11.8 Å². The van der Waals surface area contributed by atoms with Crippen molar-refractivity contribution in [3.63, 3.8) is 0 Å². The topological polar surface area (TPSA) is 17.1 Å². The highest BCUT2D eigenvalue weighted by Crippen LogP contribution is 2.36. The lowest BCUT2D eigenvalue weighted by Crippen LogP contribution is -2.13. The Labute approximate surface area is 95.7 Å². The Hall–Kier alpha value is 0.01000. The van der Waals surface area contributed by atoms with Gasteiger partial charge in [-0.05, 0) is 29.9 Å². The first-order valence-electron chi connectivity index (χ1n) is 4.51. The number of halogens is 1. The number of rotatable bonds is 1. The van der Waals surface area contributed by atoms with E-state index < -0.39 is 10.8 Å². The molecule has 14 heavy (non-hydrogen) atoms. The van der Waals surface area contributed by atoms with Crippen LogP contribution < -0.4 is 0 Å². The van der Waals surface area contributed by atoms with E-state index >= 15 is 0 Å². The molecule has 1 heterocycles. The molecule has 0 amide bonds. The van der Waals surface area contributed by atoms with Gasteiger partial charge >= 0.3 is 0 Å². The van der Waals surface area contributed by atoms with Gasteiger partial charge in [-0.3, -0.25) is 4.21 Å². The van der Waals surface area contributed by atoms with Gasteiger partial charge < -0.3 is 0 Å². The van der Waals surface area contributed by atoms with E-state index in [0.717, 1.165) is 28.5 Å². The predicted octanol–water partition coefficient (Wildman–Crippen LogP) is 3.22. The van der Waals surface area contributed by atoms with Crippen molar-refractivity contribution >= 4 is 34.2 Å². The van der Waals surface area contributed by atoms with Gasteiger partial charge in [-0.25, -0.2) is 0 Å². The second-order valence-corrected chi connectivity index (χ2v) is 6.78. The Balaban J connectivity index is 2.20. The van der Waals surface area contributed by atoms with Gasteiger partial charge in [-0.2, -0.15) is 0 Å². The summed E-state index contributed by atoms with van der Waals surface area (Å²) in [5.74, 6) is 1.94. The van der Waals surface area contributed by atoms with Gasteiger partial charge in [0, 0.05) is 21.6 Å². The molecule has 1 nitrogen and oxygen atoms in total. The fourth-order valence-corrected chi connectivity index (χ4v) is 4.91. The molecule has 2 rings (SSSR count). The van der Waals surface area contributed by atoms with Crippen LogP contribution in [0.1, 0.15) is 16.6 Å². The average Bonchev–Trinajstić information content (AvgIpc) is 2.20. The molecule has 1 fully saturated rings. The van der Waals surface area contributed by atoms with Crippen LogP contribution in [0.3, 0.4) is 0 Å². The fourth-order valence-electron chi connectivity index (χ4n) is 1.44. The maximum atomic E-state index is 11.7. The molecular weight excluding hydrogens is 236 g/mol. The first-order chi connectivity index (χ1) is 6.77. The summed E-state index contributed by atoms with van der Waals surface area (Å²) in [6.07, 6.45) is 1.07. The van der Waals surface area contributed by atoms with Crippen LogP contribution in [0, 0.1) is 0 Å². The summed E-state index contributed by atoms with van der Waals surface area (Å²) in [5, 5.41) is 0.736. The summed E-state index contributed by atoms with van der Waals surface area (Å²) in [7, 11) is -0.716. The molecule has 0 saturated carbocycles. The third-order valence-electron chi connectivity index (χ3n) is 2.14. The molecule has 0 bridgehead atoms. The molecule has 76 valence electrons. The van der Waals surface area contributed by atoms with Gasteiger partial charge in [0.25, 0.3) is 0 Å². The van der Waals surface area contributed by atoms with E-state index in [1.807, 2.05) is 24.3 Å². The molecular formula is C10H11ClOS2. The van der Waals surface area contributed by atoms with Crippen LogP contribution >= 0.6 is 23.4 Å². The zero-order valence-electron chi connectivity index (χ0n) is 7.61. The highest BCUT2D eigenvalue weighted by molar-refractivity contribution is 8.11. The zero-order valence-corrected chi connectivity index (χ0v) is 10.00. The van der Waals surface area contributed by atoms with Crippen molar-refractivity contribution in [1.82, 2.24) is 0 Å². The molecule has 4 heteroatoms. The Morgan fingerprint density at radius 1 is 1.36 bits per heavy atom.